The van der Waals surface area contributed by atoms with Crippen molar-refractivity contribution in [1.82, 2.24) is 15.5 Å². The number of amides is 1. The molecule has 2 rings (SSSR count). The number of nitrogens with two attached hydrogens (primary N) is 1. The fourth-order valence-electron chi connectivity index (χ4n) is 1.19. The van der Waals surface area contributed by atoms with E-state index in [9.17, 15) is 4.79 Å². The number of rotatable bonds is 3. The van der Waals surface area contributed by atoms with Gasteiger partial charge in [0.1, 0.15) is 0 Å². The molecule has 0 saturated carbocycles. The molecule has 0 bridgehead atoms. The summed E-state index contributed by atoms with van der Waals surface area (Å²) in [7, 11) is 0. The van der Waals surface area contributed by atoms with Crippen molar-refractivity contribution >= 4 is 11.6 Å². The second kappa shape index (κ2) is 4.43. The van der Waals surface area contributed by atoms with Crippen LogP contribution in [-0.2, 0) is 6.54 Å². The van der Waals surface area contributed by atoms with Crippen LogP contribution in [0.25, 0.3) is 0 Å². The average molecular weight is 218 g/mol. The molecule has 0 aliphatic heterocycles. The molecule has 6 nitrogen and oxygen atoms in total. The van der Waals surface area contributed by atoms with E-state index in [2.05, 4.69) is 15.5 Å². The highest BCUT2D eigenvalue weighted by molar-refractivity contribution is 5.98. The molecule has 0 radical (unpaired) electrons. The second-order valence-electron chi connectivity index (χ2n) is 3.12. The highest BCUT2D eigenvalue weighted by Gasteiger charge is 2.09. The fraction of sp³-hybridized carbons (Fsp3) is 0.100. The van der Waals surface area contributed by atoms with Gasteiger partial charge < -0.3 is 15.6 Å². The molecule has 82 valence electrons. The third-order valence-electron chi connectivity index (χ3n) is 2.01. The van der Waals surface area contributed by atoms with E-state index in [-0.39, 0.29) is 12.5 Å². The van der Waals surface area contributed by atoms with E-state index in [4.69, 9.17) is 10.3 Å². The molecule has 0 spiro atoms. The summed E-state index contributed by atoms with van der Waals surface area (Å²) in [6.07, 6.45) is 4.47. The molecule has 0 aromatic carbocycles. The number of hydrogen-bond acceptors (Lipinski definition) is 5. The van der Waals surface area contributed by atoms with Gasteiger partial charge in [0.2, 0.25) is 0 Å². The van der Waals surface area contributed by atoms with E-state index in [1.54, 1.807) is 12.1 Å². The summed E-state index contributed by atoms with van der Waals surface area (Å²) in [4.78, 5) is 15.5. The van der Waals surface area contributed by atoms with Crippen LogP contribution in [0.5, 0.6) is 0 Å². The monoisotopic (exact) mass is 218 g/mol. The van der Waals surface area contributed by atoms with Gasteiger partial charge in [-0.25, -0.2) is 0 Å². The maximum absolute atomic E-state index is 11.7. The van der Waals surface area contributed by atoms with Gasteiger partial charge in [0.25, 0.3) is 5.91 Å². The standard InChI is InChI=1S/C10H10N4O2/c11-9-2-3-12-6-8(9)10(15)13-5-7-1-4-14-16-7/h1-4,6H,5H2,(H2,11,12)(H,13,15). The Morgan fingerprint density at radius 3 is 3.00 bits per heavy atom. The third kappa shape index (κ3) is 2.17. The molecule has 3 N–H and O–H groups in total. The molecule has 2 aromatic rings. The lowest BCUT2D eigenvalue weighted by Crippen LogP contribution is -2.23. The molecular weight excluding hydrogens is 208 g/mol. The van der Waals surface area contributed by atoms with Crippen molar-refractivity contribution in [3.05, 3.63) is 42.0 Å². The van der Waals surface area contributed by atoms with Crippen molar-refractivity contribution < 1.29 is 9.32 Å². The minimum absolute atomic E-state index is 0.271. The number of pyridine rings is 1. The summed E-state index contributed by atoms with van der Waals surface area (Å²) in [6, 6.07) is 3.25. The predicted octanol–water partition coefficient (Wildman–Crippen LogP) is 0.582. The number of hydrogen-bond donors (Lipinski definition) is 2. The van der Waals surface area contributed by atoms with Crippen LogP contribution in [0.2, 0.25) is 0 Å². The topological polar surface area (TPSA) is 94.0 Å². The quantitative estimate of drug-likeness (QED) is 0.785. The molecule has 2 aromatic heterocycles. The first-order valence-corrected chi connectivity index (χ1v) is 4.64. The lowest BCUT2D eigenvalue weighted by Gasteiger charge is -2.04. The summed E-state index contributed by atoms with van der Waals surface area (Å²) < 4.78 is 4.84. The first-order valence-electron chi connectivity index (χ1n) is 4.64. The van der Waals surface area contributed by atoms with Gasteiger partial charge in [-0.15, -0.1) is 0 Å². The average Bonchev–Trinajstić information content (AvgIpc) is 2.79. The Morgan fingerprint density at radius 2 is 2.31 bits per heavy atom. The van der Waals surface area contributed by atoms with E-state index in [1.807, 2.05) is 0 Å². The summed E-state index contributed by atoms with van der Waals surface area (Å²) in [6.45, 7) is 0.271. The number of anilines is 1. The van der Waals surface area contributed by atoms with Crippen molar-refractivity contribution in [3.63, 3.8) is 0 Å². The molecule has 0 saturated heterocycles. The van der Waals surface area contributed by atoms with Gasteiger partial charge in [-0.2, -0.15) is 0 Å². The number of nitrogens with one attached hydrogen (secondary N) is 1. The first kappa shape index (κ1) is 10.2. The van der Waals surface area contributed by atoms with Gasteiger partial charge in [-0.3, -0.25) is 9.78 Å². The number of nitrogen functional groups attached to an aromatic ring is 1. The van der Waals surface area contributed by atoms with E-state index < -0.39 is 0 Å². The molecule has 1 amide bonds. The summed E-state index contributed by atoms with van der Waals surface area (Å²) in [5, 5.41) is 6.18. The smallest absolute Gasteiger partial charge is 0.255 e. The highest BCUT2D eigenvalue weighted by Crippen LogP contribution is 2.08. The molecule has 0 aliphatic rings. The van der Waals surface area contributed by atoms with Gasteiger partial charge in [0.05, 0.1) is 18.3 Å². The summed E-state index contributed by atoms with van der Waals surface area (Å²) >= 11 is 0. The Kier molecular flexibility index (Phi) is 2.81. The molecule has 2 heterocycles. The number of carbonyl (C=O) groups excluding carboxylic acids is 1. The Hall–Kier alpha value is -2.37. The zero-order valence-corrected chi connectivity index (χ0v) is 8.38. The second-order valence-corrected chi connectivity index (χ2v) is 3.12. The van der Waals surface area contributed by atoms with Crippen LogP contribution in [0.3, 0.4) is 0 Å². The lowest BCUT2D eigenvalue weighted by atomic mass is 10.2. The molecule has 16 heavy (non-hydrogen) atoms. The first-order chi connectivity index (χ1) is 7.77. The molecule has 0 atom stereocenters. The zero-order chi connectivity index (χ0) is 11.4. The van der Waals surface area contributed by atoms with Gasteiger partial charge in [0.15, 0.2) is 5.76 Å². The van der Waals surface area contributed by atoms with Crippen LogP contribution in [0.15, 0.2) is 35.2 Å². The van der Waals surface area contributed by atoms with Crippen molar-refractivity contribution in [2.24, 2.45) is 0 Å². The van der Waals surface area contributed by atoms with Crippen molar-refractivity contribution in [2.75, 3.05) is 5.73 Å². The van der Waals surface area contributed by atoms with Crippen LogP contribution in [-0.4, -0.2) is 16.0 Å². The highest BCUT2D eigenvalue weighted by atomic mass is 16.5. The lowest BCUT2D eigenvalue weighted by molar-refractivity contribution is 0.0947. The molecular formula is C10H10N4O2. The fourth-order valence-corrected chi connectivity index (χ4v) is 1.19. The van der Waals surface area contributed by atoms with Gasteiger partial charge in [0, 0.05) is 24.1 Å². The summed E-state index contributed by atoms with van der Waals surface area (Å²) in [5.74, 6) is 0.290. The van der Waals surface area contributed by atoms with Gasteiger partial charge >= 0.3 is 0 Å². The largest absolute Gasteiger partial charge is 0.398 e. The van der Waals surface area contributed by atoms with Crippen molar-refractivity contribution in [2.45, 2.75) is 6.54 Å². The molecule has 0 fully saturated rings. The zero-order valence-electron chi connectivity index (χ0n) is 8.38. The summed E-state index contributed by atoms with van der Waals surface area (Å²) in [5.41, 5.74) is 6.38. The Balaban J connectivity index is 2.01. The minimum Gasteiger partial charge on any atom is -0.398 e. The van der Waals surface area contributed by atoms with E-state index in [0.29, 0.717) is 17.0 Å². The van der Waals surface area contributed by atoms with Gasteiger partial charge in [-0.1, -0.05) is 5.16 Å². The van der Waals surface area contributed by atoms with Crippen LogP contribution in [0.4, 0.5) is 5.69 Å². The van der Waals surface area contributed by atoms with Gasteiger partial charge in [-0.05, 0) is 6.07 Å². The SMILES string of the molecule is Nc1ccncc1C(=O)NCc1ccno1. The number of nitrogens with zero attached hydrogens (tertiary/aromatic N) is 2. The van der Waals surface area contributed by atoms with E-state index in [0.717, 1.165) is 0 Å². The van der Waals surface area contributed by atoms with Crippen LogP contribution >= 0.6 is 0 Å². The van der Waals surface area contributed by atoms with Crippen LogP contribution in [0, 0.1) is 0 Å². The minimum atomic E-state index is -0.290. The Bertz CT molecular complexity index is 481. The Labute approximate surface area is 91.5 Å². The van der Waals surface area contributed by atoms with Crippen molar-refractivity contribution in [1.29, 1.82) is 0 Å². The Morgan fingerprint density at radius 1 is 1.44 bits per heavy atom. The molecule has 0 aliphatic carbocycles. The van der Waals surface area contributed by atoms with E-state index in [1.165, 1.54) is 18.6 Å². The normalized spacial score (nSPS) is 10.0. The van der Waals surface area contributed by atoms with Crippen molar-refractivity contribution in [3.8, 4) is 0 Å². The third-order valence-corrected chi connectivity index (χ3v) is 2.01. The van der Waals surface area contributed by atoms with Crippen LogP contribution < -0.4 is 11.1 Å². The van der Waals surface area contributed by atoms with E-state index >= 15 is 0 Å². The maximum Gasteiger partial charge on any atom is 0.255 e. The predicted molar refractivity (Wildman–Crippen MR) is 56.3 cm³/mol. The molecule has 0 unspecified atom stereocenters. The maximum atomic E-state index is 11.7. The number of carbonyl (C=O) groups is 1. The number of aromatic nitrogens is 2. The van der Waals surface area contributed by atoms with Crippen LogP contribution in [0.1, 0.15) is 16.1 Å². The molecule has 6 heteroatoms.